The molecule has 2 N–H and O–H groups in total. The SMILES string of the molecule is C=CCOc1ccccc1C(=O)NCC1(O)CCC1. The van der Waals surface area contributed by atoms with E-state index in [9.17, 15) is 9.90 Å². The van der Waals surface area contributed by atoms with Crippen LogP contribution in [-0.4, -0.2) is 29.8 Å². The molecule has 0 aliphatic heterocycles. The number of hydrogen-bond donors (Lipinski definition) is 2. The highest BCUT2D eigenvalue weighted by Crippen LogP contribution is 2.30. The zero-order valence-corrected chi connectivity index (χ0v) is 10.9. The van der Waals surface area contributed by atoms with Crippen LogP contribution in [0.4, 0.5) is 0 Å². The molecule has 0 radical (unpaired) electrons. The molecule has 0 bridgehead atoms. The third kappa shape index (κ3) is 3.35. The first kappa shape index (κ1) is 13.6. The lowest BCUT2D eigenvalue weighted by Crippen LogP contribution is -2.47. The first-order valence-corrected chi connectivity index (χ1v) is 6.48. The summed E-state index contributed by atoms with van der Waals surface area (Å²) in [5.74, 6) is 0.306. The Balaban J connectivity index is 1.99. The zero-order chi connectivity index (χ0) is 13.7. The first-order chi connectivity index (χ1) is 9.14. The van der Waals surface area contributed by atoms with Gasteiger partial charge in [-0.15, -0.1) is 0 Å². The van der Waals surface area contributed by atoms with Crippen LogP contribution < -0.4 is 10.1 Å². The maximum Gasteiger partial charge on any atom is 0.255 e. The van der Waals surface area contributed by atoms with Crippen molar-refractivity contribution in [3.8, 4) is 5.75 Å². The average Bonchev–Trinajstić information content (AvgIpc) is 2.40. The second-order valence-electron chi connectivity index (χ2n) is 4.86. The topological polar surface area (TPSA) is 58.6 Å². The molecule has 0 heterocycles. The van der Waals surface area contributed by atoms with Gasteiger partial charge in [0.05, 0.1) is 11.2 Å². The van der Waals surface area contributed by atoms with Crippen LogP contribution in [-0.2, 0) is 0 Å². The number of carbonyl (C=O) groups excluding carboxylic acids is 1. The number of aliphatic hydroxyl groups is 1. The molecule has 0 unspecified atom stereocenters. The number of amides is 1. The predicted octanol–water partition coefficient (Wildman–Crippen LogP) is 1.90. The van der Waals surface area contributed by atoms with Gasteiger partial charge in [-0.1, -0.05) is 24.8 Å². The van der Waals surface area contributed by atoms with Gasteiger partial charge >= 0.3 is 0 Å². The molecular formula is C15H19NO3. The lowest BCUT2D eigenvalue weighted by atomic mass is 9.80. The third-order valence-corrected chi connectivity index (χ3v) is 3.35. The second kappa shape index (κ2) is 5.89. The van der Waals surface area contributed by atoms with Gasteiger partial charge in [0.15, 0.2) is 0 Å². The summed E-state index contributed by atoms with van der Waals surface area (Å²) in [6.45, 7) is 4.23. The monoisotopic (exact) mass is 261 g/mol. The molecule has 1 aromatic carbocycles. The molecule has 1 aliphatic rings. The van der Waals surface area contributed by atoms with E-state index in [2.05, 4.69) is 11.9 Å². The number of hydrogen-bond acceptors (Lipinski definition) is 3. The summed E-state index contributed by atoms with van der Waals surface area (Å²) in [5.41, 5.74) is -0.237. The highest BCUT2D eigenvalue weighted by molar-refractivity contribution is 5.96. The third-order valence-electron chi connectivity index (χ3n) is 3.35. The molecule has 1 aliphatic carbocycles. The maximum atomic E-state index is 12.1. The van der Waals surface area contributed by atoms with E-state index in [0.29, 0.717) is 24.5 Å². The summed E-state index contributed by atoms with van der Waals surface area (Å²) in [4.78, 5) is 12.1. The number of nitrogens with one attached hydrogen (secondary N) is 1. The summed E-state index contributed by atoms with van der Waals surface area (Å²) in [7, 11) is 0. The smallest absolute Gasteiger partial charge is 0.255 e. The van der Waals surface area contributed by atoms with E-state index in [1.807, 2.05) is 6.07 Å². The van der Waals surface area contributed by atoms with Gasteiger partial charge in [-0.2, -0.15) is 0 Å². The number of carbonyl (C=O) groups is 1. The largest absolute Gasteiger partial charge is 0.489 e. The number of para-hydroxylation sites is 1. The molecule has 4 heteroatoms. The molecule has 0 aromatic heterocycles. The van der Waals surface area contributed by atoms with E-state index in [-0.39, 0.29) is 5.91 Å². The summed E-state index contributed by atoms with van der Waals surface area (Å²) < 4.78 is 5.44. The molecule has 1 aromatic rings. The van der Waals surface area contributed by atoms with Crippen molar-refractivity contribution in [3.63, 3.8) is 0 Å². The number of benzene rings is 1. The molecule has 2 rings (SSSR count). The lowest BCUT2D eigenvalue weighted by Gasteiger charge is -2.36. The first-order valence-electron chi connectivity index (χ1n) is 6.48. The van der Waals surface area contributed by atoms with Gasteiger partial charge in [0.25, 0.3) is 5.91 Å². The second-order valence-corrected chi connectivity index (χ2v) is 4.86. The van der Waals surface area contributed by atoms with Gasteiger partial charge in [0, 0.05) is 6.54 Å². The molecule has 4 nitrogen and oxygen atoms in total. The van der Waals surface area contributed by atoms with Gasteiger partial charge in [-0.3, -0.25) is 4.79 Å². The summed E-state index contributed by atoms with van der Waals surface area (Å²) in [6.07, 6.45) is 4.15. The van der Waals surface area contributed by atoms with Gasteiger partial charge < -0.3 is 15.2 Å². The number of ether oxygens (including phenoxy) is 1. The van der Waals surface area contributed by atoms with Gasteiger partial charge in [0.2, 0.25) is 0 Å². The Labute approximate surface area is 113 Å². The molecular weight excluding hydrogens is 242 g/mol. The Morgan fingerprint density at radius 2 is 2.21 bits per heavy atom. The summed E-state index contributed by atoms with van der Waals surface area (Å²) in [6, 6.07) is 7.05. The highest BCUT2D eigenvalue weighted by atomic mass is 16.5. The van der Waals surface area contributed by atoms with Crippen molar-refractivity contribution in [2.24, 2.45) is 0 Å². The molecule has 102 valence electrons. The van der Waals surface area contributed by atoms with Gasteiger partial charge in [-0.25, -0.2) is 0 Å². The molecule has 19 heavy (non-hydrogen) atoms. The maximum absolute atomic E-state index is 12.1. The van der Waals surface area contributed by atoms with Crippen LogP contribution in [0.5, 0.6) is 5.75 Å². The molecule has 0 spiro atoms. The van der Waals surface area contributed by atoms with E-state index < -0.39 is 5.60 Å². The van der Waals surface area contributed by atoms with Crippen molar-refractivity contribution in [3.05, 3.63) is 42.5 Å². The predicted molar refractivity (Wildman–Crippen MR) is 73.3 cm³/mol. The fourth-order valence-corrected chi connectivity index (χ4v) is 2.03. The quantitative estimate of drug-likeness (QED) is 0.769. The van der Waals surface area contributed by atoms with Crippen molar-refractivity contribution in [1.29, 1.82) is 0 Å². The molecule has 1 saturated carbocycles. The van der Waals surface area contributed by atoms with E-state index in [1.54, 1.807) is 24.3 Å². The fourth-order valence-electron chi connectivity index (χ4n) is 2.03. The van der Waals surface area contributed by atoms with E-state index in [0.717, 1.165) is 19.3 Å². The Hall–Kier alpha value is -1.81. The van der Waals surface area contributed by atoms with Gasteiger partial charge in [0.1, 0.15) is 12.4 Å². The van der Waals surface area contributed by atoms with Crippen LogP contribution in [0.2, 0.25) is 0 Å². The fraction of sp³-hybridized carbons (Fsp3) is 0.400. The van der Waals surface area contributed by atoms with Crippen LogP contribution in [0, 0.1) is 0 Å². The van der Waals surface area contributed by atoms with Crippen LogP contribution in [0.1, 0.15) is 29.6 Å². The minimum atomic E-state index is -0.716. The normalized spacial score (nSPS) is 16.3. The molecule has 0 atom stereocenters. The lowest BCUT2D eigenvalue weighted by molar-refractivity contribution is -0.0300. The van der Waals surface area contributed by atoms with E-state index >= 15 is 0 Å². The number of rotatable bonds is 6. The Morgan fingerprint density at radius 3 is 2.84 bits per heavy atom. The highest BCUT2D eigenvalue weighted by Gasteiger charge is 2.34. The van der Waals surface area contributed by atoms with E-state index in [4.69, 9.17) is 4.74 Å². The van der Waals surface area contributed by atoms with Crippen molar-refractivity contribution in [2.45, 2.75) is 24.9 Å². The molecule has 1 fully saturated rings. The summed E-state index contributed by atoms with van der Waals surface area (Å²) in [5, 5.41) is 12.7. The van der Waals surface area contributed by atoms with Crippen LogP contribution >= 0.6 is 0 Å². The zero-order valence-electron chi connectivity index (χ0n) is 10.9. The van der Waals surface area contributed by atoms with Crippen molar-refractivity contribution >= 4 is 5.91 Å². The van der Waals surface area contributed by atoms with Crippen LogP contribution in [0.3, 0.4) is 0 Å². The van der Waals surface area contributed by atoms with Crippen molar-refractivity contribution in [2.75, 3.05) is 13.2 Å². The standard InChI is InChI=1S/C15H19NO3/c1-2-10-19-13-7-4-3-6-12(13)14(17)16-11-15(18)8-5-9-15/h2-4,6-7,18H,1,5,8-11H2,(H,16,17). The minimum Gasteiger partial charge on any atom is -0.489 e. The van der Waals surface area contributed by atoms with Crippen LogP contribution in [0.25, 0.3) is 0 Å². The Bertz CT molecular complexity index is 466. The molecule has 0 saturated heterocycles. The summed E-state index contributed by atoms with van der Waals surface area (Å²) >= 11 is 0. The van der Waals surface area contributed by atoms with Gasteiger partial charge in [-0.05, 0) is 31.4 Å². The van der Waals surface area contributed by atoms with Crippen LogP contribution in [0.15, 0.2) is 36.9 Å². The Kier molecular flexibility index (Phi) is 4.22. The molecule has 1 amide bonds. The van der Waals surface area contributed by atoms with E-state index in [1.165, 1.54) is 0 Å². The average molecular weight is 261 g/mol. The minimum absolute atomic E-state index is 0.222. The Morgan fingerprint density at radius 1 is 1.47 bits per heavy atom. The van der Waals surface area contributed by atoms with Crippen molar-refractivity contribution in [1.82, 2.24) is 5.32 Å². The van der Waals surface area contributed by atoms with Crippen molar-refractivity contribution < 1.29 is 14.6 Å².